The summed E-state index contributed by atoms with van der Waals surface area (Å²) in [4.78, 5) is 36.4. The van der Waals surface area contributed by atoms with Crippen LogP contribution in [0.25, 0.3) is 17.2 Å². The van der Waals surface area contributed by atoms with Gasteiger partial charge in [-0.3, -0.25) is 9.51 Å². The third-order valence-corrected chi connectivity index (χ3v) is 3.74. The van der Waals surface area contributed by atoms with Crippen LogP contribution in [0.15, 0.2) is 52.4 Å². The molecular formula is C16H12N6O4. The van der Waals surface area contributed by atoms with Gasteiger partial charge in [0, 0.05) is 24.8 Å². The predicted octanol–water partition coefficient (Wildman–Crippen LogP) is 0.776. The van der Waals surface area contributed by atoms with Crippen molar-refractivity contribution < 1.29 is 14.1 Å². The molecule has 0 aromatic carbocycles. The van der Waals surface area contributed by atoms with Crippen molar-refractivity contribution in [3.63, 3.8) is 0 Å². The van der Waals surface area contributed by atoms with Crippen molar-refractivity contribution in [2.45, 2.75) is 6.54 Å². The maximum absolute atomic E-state index is 12.0. The molecule has 0 unspecified atom stereocenters. The molecule has 0 fully saturated rings. The van der Waals surface area contributed by atoms with Gasteiger partial charge in [-0.25, -0.2) is 24.1 Å². The van der Waals surface area contributed by atoms with Gasteiger partial charge in [0.25, 0.3) is 0 Å². The summed E-state index contributed by atoms with van der Waals surface area (Å²) in [5.74, 6) is -0.889. The van der Waals surface area contributed by atoms with Gasteiger partial charge in [0.1, 0.15) is 11.3 Å². The number of methoxy groups -OCH3 is 1. The monoisotopic (exact) mass is 352 g/mol. The Morgan fingerprint density at radius 2 is 2.23 bits per heavy atom. The second-order valence-corrected chi connectivity index (χ2v) is 5.33. The minimum atomic E-state index is -0.643. The van der Waals surface area contributed by atoms with Crippen molar-refractivity contribution in [1.82, 2.24) is 29.1 Å². The zero-order chi connectivity index (χ0) is 18.1. The zero-order valence-electron chi connectivity index (χ0n) is 13.6. The number of hydrogen-bond acceptors (Lipinski definition) is 8. The molecule has 0 bridgehead atoms. The molecule has 4 heterocycles. The number of aromatic nitrogens is 6. The number of carbonyl (C=O) groups excluding carboxylic acids is 1. The van der Waals surface area contributed by atoms with E-state index < -0.39 is 11.7 Å². The lowest BCUT2D eigenvalue weighted by molar-refractivity contribution is 0.0602. The molecule has 0 spiro atoms. The second-order valence-electron chi connectivity index (χ2n) is 5.33. The topological polar surface area (TPSA) is 117 Å². The Morgan fingerprint density at radius 1 is 1.35 bits per heavy atom. The second kappa shape index (κ2) is 6.24. The van der Waals surface area contributed by atoms with E-state index in [1.54, 1.807) is 28.9 Å². The first-order valence-electron chi connectivity index (χ1n) is 7.55. The molecule has 0 saturated heterocycles. The lowest BCUT2D eigenvalue weighted by Crippen LogP contribution is -2.16. The van der Waals surface area contributed by atoms with Crippen molar-refractivity contribution in [3.05, 3.63) is 64.9 Å². The van der Waals surface area contributed by atoms with E-state index in [2.05, 4.69) is 20.1 Å². The van der Waals surface area contributed by atoms with E-state index in [0.717, 1.165) is 0 Å². The van der Waals surface area contributed by atoms with Gasteiger partial charge in [-0.2, -0.15) is 0 Å². The van der Waals surface area contributed by atoms with Crippen molar-refractivity contribution in [1.29, 1.82) is 0 Å². The van der Waals surface area contributed by atoms with Gasteiger partial charge in [0.05, 0.1) is 25.5 Å². The zero-order valence-corrected chi connectivity index (χ0v) is 13.6. The van der Waals surface area contributed by atoms with Crippen LogP contribution in [0.1, 0.15) is 16.1 Å². The SMILES string of the molecule is COC(=O)c1cccn2cc(Cn3c(-c4cnccn4)noc3=O)nc12. The Labute approximate surface area is 145 Å². The number of hydrogen-bond donors (Lipinski definition) is 0. The molecule has 26 heavy (non-hydrogen) atoms. The normalized spacial score (nSPS) is 11.0. The molecule has 0 amide bonds. The summed E-state index contributed by atoms with van der Waals surface area (Å²) < 4.78 is 12.5. The van der Waals surface area contributed by atoms with E-state index in [-0.39, 0.29) is 12.4 Å². The van der Waals surface area contributed by atoms with E-state index in [4.69, 9.17) is 9.26 Å². The minimum absolute atomic E-state index is 0.0938. The van der Waals surface area contributed by atoms with Gasteiger partial charge in [0.15, 0.2) is 5.65 Å². The predicted molar refractivity (Wildman–Crippen MR) is 87.4 cm³/mol. The number of fused-ring (bicyclic) bond motifs is 1. The smallest absolute Gasteiger partial charge is 0.442 e. The Morgan fingerprint density at radius 3 is 3.00 bits per heavy atom. The molecular weight excluding hydrogens is 340 g/mol. The number of rotatable bonds is 4. The van der Waals surface area contributed by atoms with Gasteiger partial charge in [-0.15, -0.1) is 0 Å². The summed E-state index contributed by atoms with van der Waals surface area (Å²) in [7, 11) is 1.31. The molecule has 130 valence electrons. The summed E-state index contributed by atoms with van der Waals surface area (Å²) in [5.41, 5.74) is 1.70. The van der Waals surface area contributed by atoms with E-state index in [9.17, 15) is 9.59 Å². The molecule has 0 atom stereocenters. The molecule has 10 nitrogen and oxygen atoms in total. The lowest BCUT2D eigenvalue weighted by atomic mass is 10.3. The highest BCUT2D eigenvalue weighted by Crippen LogP contribution is 2.15. The van der Waals surface area contributed by atoms with Crippen LogP contribution in [0.5, 0.6) is 0 Å². The molecule has 4 rings (SSSR count). The van der Waals surface area contributed by atoms with Crippen LogP contribution in [0.3, 0.4) is 0 Å². The fourth-order valence-corrected chi connectivity index (χ4v) is 2.58. The first-order chi connectivity index (χ1) is 12.7. The summed E-state index contributed by atoms with van der Waals surface area (Å²) in [5, 5.41) is 3.76. The summed E-state index contributed by atoms with van der Waals surface area (Å²) in [6.07, 6.45) is 7.95. The molecule has 4 aromatic heterocycles. The van der Waals surface area contributed by atoms with Gasteiger partial charge in [0.2, 0.25) is 5.82 Å². The van der Waals surface area contributed by atoms with Gasteiger partial charge in [-0.05, 0) is 12.1 Å². The van der Waals surface area contributed by atoms with Crippen molar-refractivity contribution in [2.24, 2.45) is 0 Å². The number of pyridine rings is 1. The highest BCUT2D eigenvalue weighted by atomic mass is 16.5. The van der Waals surface area contributed by atoms with Crippen LogP contribution in [0.4, 0.5) is 0 Å². The fourth-order valence-electron chi connectivity index (χ4n) is 2.58. The maximum Gasteiger partial charge on any atom is 0.442 e. The molecule has 0 aliphatic heterocycles. The average molecular weight is 352 g/mol. The molecule has 10 heteroatoms. The highest BCUT2D eigenvalue weighted by molar-refractivity contribution is 5.95. The van der Waals surface area contributed by atoms with Crippen LogP contribution in [0, 0.1) is 0 Å². The Bertz CT molecular complexity index is 1140. The largest absolute Gasteiger partial charge is 0.465 e. The number of ether oxygens (including phenoxy) is 1. The van der Waals surface area contributed by atoms with Crippen molar-refractivity contribution >= 4 is 11.6 Å². The standard InChI is InChI=1S/C16H12N6O4/c1-25-15(23)11-3-2-6-21-8-10(19-13(11)21)9-22-14(20-26-16(22)24)12-7-17-4-5-18-12/h2-8H,9H2,1H3. The Balaban J connectivity index is 1.76. The van der Waals surface area contributed by atoms with Crippen LogP contribution >= 0.6 is 0 Å². The van der Waals surface area contributed by atoms with E-state index in [1.165, 1.54) is 30.3 Å². The highest BCUT2D eigenvalue weighted by Gasteiger charge is 2.18. The molecule has 0 aliphatic rings. The van der Waals surface area contributed by atoms with Gasteiger partial charge in [-0.1, -0.05) is 5.16 Å². The Hall–Kier alpha value is -3.82. The quantitative estimate of drug-likeness (QED) is 0.494. The first kappa shape index (κ1) is 15.7. The number of carbonyl (C=O) groups is 1. The number of imidazole rings is 1. The van der Waals surface area contributed by atoms with Crippen molar-refractivity contribution in [2.75, 3.05) is 7.11 Å². The molecule has 0 saturated carbocycles. The van der Waals surface area contributed by atoms with E-state index in [0.29, 0.717) is 22.6 Å². The molecule has 0 radical (unpaired) electrons. The maximum atomic E-state index is 12.0. The third-order valence-electron chi connectivity index (χ3n) is 3.74. The molecule has 0 N–H and O–H groups in total. The van der Waals surface area contributed by atoms with Gasteiger partial charge >= 0.3 is 11.7 Å². The number of nitrogens with zero attached hydrogens (tertiary/aromatic N) is 6. The first-order valence-corrected chi connectivity index (χ1v) is 7.55. The average Bonchev–Trinajstić information content (AvgIpc) is 3.25. The molecule has 4 aromatic rings. The van der Waals surface area contributed by atoms with Crippen LogP contribution in [-0.2, 0) is 11.3 Å². The third kappa shape index (κ3) is 2.62. The fraction of sp³-hybridized carbons (Fsp3) is 0.125. The van der Waals surface area contributed by atoms with Gasteiger partial charge < -0.3 is 9.14 Å². The minimum Gasteiger partial charge on any atom is -0.465 e. The summed E-state index contributed by atoms with van der Waals surface area (Å²) >= 11 is 0. The van der Waals surface area contributed by atoms with Crippen molar-refractivity contribution in [3.8, 4) is 11.5 Å². The lowest BCUT2D eigenvalue weighted by Gasteiger charge is -2.01. The van der Waals surface area contributed by atoms with E-state index in [1.807, 2.05) is 0 Å². The molecule has 0 aliphatic carbocycles. The Kier molecular flexibility index (Phi) is 3.77. The summed E-state index contributed by atoms with van der Waals surface area (Å²) in [6.45, 7) is 0.0938. The number of esters is 1. The summed E-state index contributed by atoms with van der Waals surface area (Å²) in [6, 6.07) is 3.33. The van der Waals surface area contributed by atoms with Crippen LogP contribution in [-0.4, -0.2) is 42.2 Å². The van der Waals surface area contributed by atoms with Crippen LogP contribution in [0.2, 0.25) is 0 Å². The van der Waals surface area contributed by atoms with E-state index >= 15 is 0 Å². The van der Waals surface area contributed by atoms with Crippen LogP contribution < -0.4 is 5.76 Å².